The number of aromatic nitrogens is 3. The number of piperidine rings is 1. The molecule has 0 bridgehead atoms. The number of rotatable bonds is 6. The summed E-state index contributed by atoms with van der Waals surface area (Å²) < 4.78 is 24.8. The monoisotopic (exact) mass is 503 g/mol. The number of nitrogens with one attached hydrogen (secondary N) is 2. The molecule has 8 nitrogen and oxygen atoms in total. The standard InChI is InChI=1S/C27H29N5O3S/c1-18(2)36(34,35)22-12-8-19(9-13-22)23-16-28-26-25(30-23)24(17-29-26)31-27(33)20-6-10-21(11-7-20)32-14-4-3-5-15-32/h6-13,16-18H,3-5,14-15H2,1-2H3,(H,28,29)(H,31,33). The lowest BCUT2D eigenvalue weighted by molar-refractivity contribution is 0.102. The van der Waals surface area contributed by atoms with E-state index in [0.29, 0.717) is 28.1 Å². The molecule has 186 valence electrons. The number of nitrogens with zero attached hydrogens (tertiary/aromatic N) is 3. The van der Waals surface area contributed by atoms with Crippen LogP contribution in [0.3, 0.4) is 0 Å². The first-order chi connectivity index (χ1) is 17.3. The number of sulfone groups is 1. The summed E-state index contributed by atoms with van der Waals surface area (Å²) in [6, 6.07) is 14.3. The lowest BCUT2D eigenvalue weighted by Crippen LogP contribution is -2.29. The molecule has 0 atom stereocenters. The van der Waals surface area contributed by atoms with Crippen molar-refractivity contribution in [2.24, 2.45) is 0 Å². The van der Waals surface area contributed by atoms with Crippen LogP contribution in [0.15, 0.2) is 65.8 Å². The number of anilines is 2. The Hall–Kier alpha value is -3.72. The van der Waals surface area contributed by atoms with Crippen molar-refractivity contribution >= 4 is 38.3 Å². The summed E-state index contributed by atoms with van der Waals surface area (Å²) in [5.74, 6) is -0.225. The van der Waals surface area contributed by atoms with E-state index in [4.69, 9.17) is 0 Å². The van der Waals surface area contributed by atoms with Crippen LogP contribution in [0.2, 0.25) is 0 Å². The maximum atomic E-state index is 12.9. The molecule has 36 heavy (non-hydrogen) atoms. The van der Waals surface area contributed by atoms with Gasteiger partial charge >= 0.3 is 0 Å². The Morgan fingerprint density at radius 1 is 1.00 bits per heavy atom. The van der Waals surface area contributed by atoms with Gasteiger partial charge in [-0.05, 0) is 69.5 Å². The Bertz CT molecular complexity index is 1490. The number of benzene rings is 2. The van der Waals surface area contributed by atoms with Gasteiger partial charge in [0, 0.05) is 36.1 Å². The van der Waals surface area contributed by atoms with Crippen molar-refractivity contribution in [2.45, 2.75) is 43.3 Å². The number of carbonyl (C=O) groups is 1. The van der Waals surface area contributed by atoms with Crippen molar-refractivity contribution in [3.8, 4) is 11.3 Å². The molecule has 1 saturated heterocycles. The molecule has 1 fully saturated rings. The summed E-state index contributed by atoms with van der Waals surface area (Å²) in [5, 5.41) is 2.44. The number of aromatic amines is 1. The van der Waals surface area contributed by atoms with Crippen LogP contribution in [0, 0.1) is 0 Å². The molecule has 0 aliphatic carbocycles. The van der Waals surface area contributed by atoms with Crippen molar-refractivity contribution < 1.29 is 13.2 Å². The van der Waals surface area contributed by atoms with Gasteiger partial charge in [0.2, 0.25) is 0 Å². The molecule has 5 rings (SSSR count). The van der Waals surface area contributed by atoms with E-state index >= 15 is 0 Å². The molecule has 0 spiro atoms. The molecule has 1 amide bonds. The fourth-order valence-electron chi connectivity index (χ4n) is 4.38. The van der Waals surface area contributed by atoms with Crippen LogP contribution < -0.4 is 10.2 Å². The maximum absolute atomic E-state index is 12.9. The van der Waals surface area contributed by atoms with Gasteiger partial charge in [-0.15, -0.1) is 0 Å². The summed E-state index contributed by atoms with van der Waals surface area (Å²) in [6.45, 7) is 5.43. The SMILES string of the molecule is CC(C)S(=O)(=O)c1ccc(-c2cnc3[nH]cc(NC(=O)c4ccc(N5CCCCC5)cc4)c3n2)cc1. The van der Waals surface area contributed by atoms with Crippen molar-refractivity contribution in [3.63, 3.8) is 0 Å². The predicted octanol–water partition coefficient (Wildman–Crippen LogP) is 5.05. The van der Waals surface area contributed by atoms with E-state index in [0.717, 1.165) is 24.3 Å². The number of hydrogen-bond acceptors (Lipinski definition) is 6. The second-order valence-corrected chi connectivity index (χ2v) is 11.8. The van der Waals surface area contributed by atoms with Crippen LogP contribution in [0.4, 0.5) is 11.4 Å². The van der Waals surface area contributed by atoms with Gasteiger partial charge in [0.25, 0.3) is 5.91 Å². The third-order valence-electron chi connectivity index (χ3n) is 6.58. The molecule has 3 heterocycles. The zero-order valence-corrected chi connectivity index (χ0v) is 21.2. The Kier molecular flexibility index (Phi) is 6.49. The summed E-state index contributed by atoms with van der Waals surface area (Å²) >= 11 is 0. The van der Waals surface area contributed by atoms with E-state index in [1.54, 1.807) is 50.5 Å². The number of hydrogen-bond donors (Lipinski definition) is 2. The summed E-state index contributed by atoms with van der Waals surface area (Å²) in [6.07, 6.45) is 6.97. The molecule has 0 unspecified atom stereocenters. The molecule has 1 aliphatic heterocycles. The zero-order valence-electron chi connectivity index (χ0n) is 20.4. The van der Waals surface area contributed by atoms with Crippen LogP contribution in [-0.2, 0) is 9.84 Å². The van der Waals surface area contributed by atoms with E-state index in [1.807, 2.05) is 24.3 Å². The normalized spacial score (nSPS) is 14.4. The average Bonchev–Trinajstić information content (AvgIpc) is 3.31. The summed E-state index contributed by atoms with van der Waals surface area (Å²) in [7, 11) is -3.35. The highest BCUT2D eigenvalue weighted by Crippen LogP contribution is 2.27. The lowest BCUT2D eigenvalue weighted by atomic mass is 10.1. The molecule has 4 aromatic rings. The molecule has 0 radical (unpaired) electrons. The summed E-state index contributed by atoms with van der Waals surface area (Å²) in [4.78, 5) is 27.7. The van der Waals surface area contributed by atoms with Gasteiger partial charge in [0.1, 0.15) is 5.52 Å². The Labute approximate surface area is 210 Å². The maximum Gasteiger partial charge on any atom is 0.255 e. The Balaban J connectivity index is 1.35. The largest absolute Gasteiger partial charge is 0.372 e. The fourth-order valence-corrected chi connectivity index (χ4v) is 5.44. The van der Waals surface area contributed by atoms with Gasteiger partial charge in [0.05, 0.1) is 27.7 Å². The van der Waals surface area contributed by atoms with Crippen LogP contribution >= 0.6 is 0 Å². The minimum Gasteiger partial charge on any atom is -0.372 e. The van der Waals surface area contributed by atoms with Crippen molar-refractivity contribution in [1.82, 2.24) is 15.0 Å². The highest BCUT2D eigenvalue weighted by Gasteiger charge is 2.19. The smallest absolute Gasteiger partial charge is 0.255 e. The second kappa shape index (κ2) is 9.73. The van der Waals surface area contributed by atoms with Gasteiger partial charge < -0.3 is 15.2 Å². The molecule has 1 aliphatic rings. The minimum absolute atomic E-state index is 0.225. The van der Waals surface area contributed by atoms with Gasteiger partial charge in [-0.3, -0.25) is 4.79 Å². The van der Waals surface area contributed by atoms with Crippen LogP contribution in [-0.4, -0.2) is 47.6 Å². The van der Waals surface area contributed by atoms with E-state index in [2.05, 4.69) is 25.2 Å². The zero-order chi connectivity index (χ0) is 25.3. The fraction of sp³-hybridized carbons (Fsp3) is 0.296. The number of fused-ring (bicyclic) bond motifs is 1. The van der Waals surface area contributed by atoms with E-state index in [-0.39, 0.29) is 10.8 Å². The summed E-state index contributed by atoms with van der Waals surface area (Å²) in [5.41, 5.74) is 4.63. The molecule has 2 N–H and O–H groups in total. The highest BCUT2D eigenvalue weighted by molar-refractivity contribution is 7.92. The molecular weight excluding hydrogens is 474 g/mol. The Morgan fingerprint density at radius 2 is 1.69 bits per heavy atom. The first-order valence-electron chi connectivity index (χ1n) is 12.2. The van der Waals surface area contributed by atoms with E-state index < -0.39 is 15.1 Å². The molecule has 9 heteroatoms. The van der Waals surface area contributed by atoms with Crippen molar-refractivity contribution in [2.75, 3.05) is 23.3 Å². The molecule has 0 saturated carbocycles. The van der Waals surface area contributed by atoms with E-state index in [9.17, 15) is 13.2 Å². The highest BCUT2D eigenvalue weighted by atomic mass is 32.2. The predicted molar refractivity (Wildman–Crippen MR) is 142 cm³/mol. The number of amides is 1. The second-order valence-electron chi connectivity index (χ2n) is 9.32. The van der Waals surface area contributed by atoms with Crippen molar-refractivity contribution in [1.29, 1.82) is 0 Å². The Morgan fingerprint density at radius 3 is 2.36 bits per heavy atom. The first-order valence-corrected chi connectivity index (χ1v) is 13.7. The van der Waals surface area contributed by atoms with Gasteiger partial charge in [0.15, 0.2) is 15.5 Å². The van der Waals surface area contributed by atoms with Gasteiger partial charge in [-0.2, -0.15) is 0 Å². The number of H-pyrrole nitrogens is 1. The van der Waals surface area contributed by atoms with Crippen LogP contribution in [0.5, 0.6) is 0 Å². The first kappa shape index (κ1) is 24.0. The third kappa shape index (κ3) is 4.70. The molecule has 2 aromatic heterocycles. The topological polar surface area (TPSA) is 108 Å². The van der Waals surface area contributed by atoms with Gasteiger partial charge in [-0.25, -0.2) is 18.4 Å². The van der Waals surface area contributed by atoms with Gasteiger partial charge in [-0.1, -0.05) is 12.1 Å². The number of carbonyl (C=O) groups excluding carboxylic acids is 1. The molecular formula is C27H29N5O3S. The minimum atomic E-state index is -3.35. The van der Waals surface area contributed by atoms with E-state index in [1.165, 1.54) is 19.3 Å². The lowest BCUT2D eigenvalue weighted by Gasteiger charge is -2.28. The third-order valence-corrected chi connectivity index (χ3v) is 8.75. The quantitative estimate of drug-likeness (QED) is 0.381. The van der Waals surface area contributed by atoms with Crippen LogP contribution in [0.1, 0.15) is 43.5 Å². The van der Waals surface area contributed by atoms with Crippen LogP contribution in [0.25, 0.3) is 22.4 Å². The molecule has 2 aromatic carbocycles. The average molecular weight is 504 g/mol. The van der Waals surface area contributed by atoms with Crippen molar-refractivity contribution in [3.05, 3.63) is 66.5 Å².